The molecule has 3 aromatic rings. The molecule has 0 radical (unpaired) electrons. The molecule has 0 aliphatic carbocycles. The van der Waals surface area contributed by atoms with Crippen LogP contribution in [0.1, 0.15) is 47.0 Å². The summed E-state index contributed by atoms with van der Waals surface area (Å²) in [6.07, 6.45) is 2.72. The third kappa shape index (κ3) is 9.42. The topological polar surface area (TPSA) is 132 Å². The normalized spacial score (nSPS) is 12.1. The number of amides is 1. The van der Waals surface area contributed by atoms with E-state index in [1.807, 2.05) is 38.3 Å². The largest absolute Gasteiger partial charge is 0.460 e. The highest BCUT2D eigenvalue weighted by Gasteiger charge is 2.16. The van der Waals surface area contributed by atoms with Gasteiger partial charge in [0, 0.05) is 29.7 Å². The summed E-state index contributed by atoms with van der Waals surface area (Å²) in [4.78, 5) is 33.9. The van der Waals surface area contributed by atoms with Gasteiger partial charge in [-0.15, -0.1) is 21.9 Å². The maximum Gasteiger partial charge on any atom is 0.410 e. The van der Waals surface area contributed by atoms with Crippen LogP contribution in [0.2, 0.25) is 0 Å². The maximum absolute atomic E-state index is 12.2. The van der Waals surface area contributed by atoms with Crippen molar-refractivity contribution in [1.82, 2.24) is 9.97 Å². The Hall–Kier alpha value is -3.51. The first-order valence-electron chi connectivity index (χ1n) is 12.2. The molecule has 2 heterocycles. The predicted octanol–water partition coefficient (Wildman–Crippen LogP) is 6.54. The fraction of sp³-hybridized carbons (Fsp3) is 0.385. The molecule has 0 fully saturated rings. The number of thiophene rings is 1. The summed E-state index contributed by atoms with van der Waals surface area (Å²) in [6.45, 7) is 8.02. The second-order valence-corrected chi connectivity index (χ2v) is 11.2. The number of esters is 1. The zero-order chi connectivity index (χ0) is 27.5. The van der Waals surface area contributed by atoms with Gasteiger partial charge < -0.3 is 24.3 Å². The van der Waals surface area contributed by atoms with Gasteiger partial charge in [0.05, 0.1) is 12.2 Å². The molecule has 0 aliphatic rings. The van der Waals surface area contributed by atoms with Gasteiger partial charge in [0.25, 0.3) is 0 Å². The van der Waals surface area contributed by atoms with Crippen molar-refractivity contribution in [3.8, 4) is 10.4 Å². The standard InChI is InChI=1S/C26H32N5O5S2/c1-5-35-25(33)31-38(34)19-13-11-18(12-14-19)29-24-28-17-20(21-9-8-16-37-21)23(30-24)27-15-7-6-10-22(32)36-26(2,3)4/h8-9,11-14,16-17H,5-7,10,15H2,1-4H3,(H2,27,28,29,30)/q-1. The Morgan fingerprint density at radius 3 is 2.55 bits per heavy atom. The van der Waals surface area contributed by atoms with Crippen LogP contribution in [0, 0.1) is 0 Å². The zero-order valence-electron chi connectivity index (χ0n) is 21.9. The lowest BCUT2D eigenvalue weighted by Crippen LogP contribution is -2.23. The Bertz CT molecular complexity index is 1300. The Kier molecular flexibility index (Phi) is 10.6. The van der Waals surface area contributed by atoms with Crippen molar-refractivity contribution >= 4 is 51.4 Å². The molecule has 2 N–H and O–H groups in total. The molecule has 0 atom stereocenters. The average molecular weight is 559 g/mol. The van der Waals surface area contributed by atoms with Crippen LogP contribution in [0.15, 0.2) is 57.2 Å². The van der Waals surface area contributed by atoms with Gasteiger partial charge in [-0.1, -0.05) is 23.1 Å². The van der Waals surface area contributed by atoms with E-state index in [0.29, 0.717) is 41.7 Å². The summed E-state index contributed by atoms with van der Waals surface area (Å²) >= 11 is 1.59. The summed E-state index contributed by atoms with van der Waals surface area (Å²) < 4.78 is 25.8. The molecule has 0 spiro atoms. The number of carbonyl (C=O) groups is 2. The average Bonchev–Trinajstić information content (AvgIpc) is 3.38. The lowest BCUT2D eigenvalue weighted by molar-refractivity contribution is -0.154. The predicted molar refractivity (Wildman–Crippen MR) is 149 cm³/mol. The molecule has 1 amide bonds. The lowest BCUT2D eigenvalue weighted by atomic mass is 10.2. The van der Waals surface area contributed by atoms with Gasteiger partial charge in [-0.3, -0.25) is 9.16 Å². The van der Waals surface area contributed by atoms with Crippen molar-refractivity contribution in [2.45, 2.75) is 57.5 Å². The highest BCUT2D eigenvalue weighted by atomic mass is 32.2. The number of hydrogen-bond donors (Lipinski definition) is 2. The summed E-state index contributed by atoms with van der Waals surface area (Å²) in [6, 6.07) is 10.6. The van der Waals surface area contributed by atoms with Gasteiger partial charge >= 0.3 is 12.1 Å². The Morgan fingerprint density at radius 1 is 1.13 bits per heavy atom. The first-order valence-corrected chi connectivity index (χ1v) is 14.2. The van der Waals surface area contributed by atoms with Crippen molar-refractivity contribution in [3.05, 3.63) is 48.0 Å². The van der Waals surface area contributed by atoms with E-state index in [4.69, 9.17) is 9.47 Å². The number of nitrogens with zero attached hydrogens (tertiary/aromatic N) is 3. The molecule has 0 saturated heterocycles. The number of benzene rings is 1. The van der Waals surface area contributed by atoms with Gasteiger partial charge in [0.1, 0.15) is 11.4 Å². The molecule has 12 heteroatoms. The molecule has 2 aromatic heterocycles. The van der Waals surface area contributed by atoms with Gasteiger partial charge in [-0.2, -0.15) is 4.98 Å². The van der Waals surface area contributed by atoms with Crippen LogP contribution < -0.4 is 10.6 Å². The van der Waals surface area contributed by atoms with Gasteiger partial charge in [0.15, 0.2) is 0 Å². The smallest absolute Gasteiger partial charge is 0.410 e. The van der Waals surface area contributed by atoms with Crippen LogP contribution in [-0.4, -0.2) is 40.8 Å². The Morgan fingerprint density at radius 2 is 1.89 bits per heavy atom. The van der Waals surface area contributed by atoms with E-state index >= 15 is 0 Å². The second-order valence-electron chi connectivity index (χ2n) is 9.09. The van der Waals surface area contributed by atoms with E-state index < -0.39 is 22.3 Å². The van der Waals surface area contributed by atoms with E-state index in [1.165, 1.54) is 0 Å². The zero-order valence-corrected chi connectivity index (χ0v) is 23.5. The van der Waals surface area contributed by atoms with Crippen molar-refractivity contribution in [2.24, 2.45) is 4.36 Å². The minimum atomic E-state index is -1.85. The molecule has 0 unspecified atom stereocenters. The Balaban J connectivity index is 1.65. The molecular weight excluding hydrogens is 526 g/mol. The first-order chi connectivity index (χ1) is 18.1. The highest BCUT2D eigenvalue weighted by molar-refractivity contribution is 7.75. The number of rotatable bonds is 11. The number of ether oxygens (including phenoxy) is 2. The molecule has 38 heavy (non-hydrogen) atoms. The molecular formula is C26H32N5O5S2-. The summed E-state index contributed by atoms with van der Waals surface area (Å²) in [7, 11) is -1.85. The van der Waals surface area contributed by atoms with Gasteiger partial charge in [-0.05, 0) is 64.1 Å². The molecule has 0 aliphatic heterocycles. The fourth-order valence-corrected chi connectivity index (χ4v) is 4.64. The third-order valence-corrected chi connectivity index (χ3v) is 6.73. The molecule has 204 valence electrons. The molecule has 0 saturated carbocycles. The Labute approximate surface area is 228 Å². The van der Waals surface area contributed by atoms with Crippen molar-refractivity contribution in [3.63, 3.8) is 0 Å². The van der Waals surface area contributed by atoms with Crippen molar-refractivity contribution in [1.29, 1.82) is 0 Å². The van der Waals surface area contributed by atoms with E-state index in [0.717, 1.165) is 16.9 Å². The maximum atomic E-state index is 12.2. The minimum Gasteiger partial charge on any atom is -0.460 e. The van der Waals surface area contributed by atoms with Crippen LogP contribution >= 0.6 is 11.3 Å². The van der Waals surface area contributed by atoms with Crippen LogP contribution in [0.5, 0.6) is 0 Å². The van der Waals surface area contributed by atoms with Crippen molar-refractivity contribution < 1.29 is 23.3 Å². The molecule has 10 nitrogen and oxygen atoms in total. The fourth-order valence-electron chi connectivity index (χ4n) is 3.24. The number of carbonyl (C=O) groups excluding carboxylic acids is 2. The monoisotopic (exact) mass is 558 g/mol. The molecule has 1 aromatic carbocycles. The lowest BCUT2D eigenvalue weighted by Gasteiger charge is -2.19. The summed E-state index contributed by atoms with van der Waals surface area (Å²) in [5.41, 5.74) is 1.07. The highest BCUT2D eigenvalue weighted by Crippen LogP contribution is 2.31. The molecule has 3 rings (SSSR count). The van der Waals surface area contributed by atoms with Crippen LogP contribution in [0.3, 0.4) is 0 Å². The minimum absolute atomic E-state index is 0.163. The first kappa shape index (κ1) is 29.1. The third-order valence-electron chi connectivity index (χ3n) is 4.83. The van der Waals surface area contributed by atoms with E-state index in [2.05, 4.69) is 25.0 Å². The number of unbranched alkanes of at least 4 members (excludes halogenated alkanes) is 1. The number of nitrogens with one attached hydrogen (secondary N) is 2. The molecule has 0 bridgehead atoms. The van der Waals surface area contributed by atoms with Crippen LogP contribution in [0.4, 0.5) is 22.2 Å². The van der Waals surface area contributed by atoms with Gasteiger partial charge in [0.2, 0.25) is 5.95 Å². The van der Waals surface area contributed by atoms with Crippen LogP contribution in [-0.2, 0) is 29.1 Å². The van der Waals surface area contributed by atoms with Gasteiger partial charge in [-0.25, -0.2) is 9.78 Å². The quantitative estimate of drug-likeness (QED) is 0.153. The number of aromatic nitrogens is 2. The number of hydrogen-bond acceptors (Lipinski definition) is 11. The SMILES string of the molecule is CCOC(=O)N=[S-](=O)c1ccc(Nc2ncc(-c3cccs3)c(NCCCCC(=O)OC(C)(C)C)n2)cc1. The van der Waals surface area contributed by atoms with Crippen molar-refractivity contribution in [2.75, 3.05) is 23.8 Å². The van der Waals surface area contributed by atoms with Crippen LogP contribution in [0.25, 0.3) is 10.4 Å². The second kappa shape index (κ2) is 13.9. The van der Waals surface area contributed by atoms with E-state index in [-0.39, 0.29) is 12.6 Å². The number of anilines is 3. The summed E-state index contributed by atoms with van der Waals surface area (Å²) in [5.74, 6) is 0.856. The summed E-state index contributed by atoms with van der Waals surface area (Å²) in [5, 5.41) is 8.50. The van der Waals surface area contributed by atoms with E-state index in [9.17, 15) is 13.8 Å². The van der Waals surface area contributed by atoms with E-state index in [1.54, 1.807) is 48.7 Å².